The molecule has 0 saturated carbocycles. The van der Waals surface area contributed by atoms with Crippen LogP contribution in [0.1, 0.15) is 101 Å². The van der Waals surface area contributed by atoms with Crippen LogP contribution in [-0.2, 0) is 41.6 Å². The first-order chi connectivity index (χ1) is 31.3. The normalized spacial score (nSPS) is 9.89. The van der Waals surface area contributed by atoms with Crippen LogP contribution in [0.2, 0.25) is 0 Å². The monoisotopic (exact) mass is 896 g/mol. The number of aromatic amines is 2. The fraction of sp³-hybridized carbons (Fsp3) is 0.306. The van der Waals surface area contributed by atoms with Crippen LogP contribution in [0, 0.1) is 0 Å². The van der Waals surface area contributed by atoms with Crippen molar-refractivity contribution in [2.45, 2.75) is 72.4 Å². The third-order valence-electron chi connectivity index (χ3n) is 8.80. The number of nitrogens with zero attached hydrogens (tertiary/aromatic N) is 2. The zero-order chi connectivity index (χ0) is 47.8. The van der Waals surface area contributed by atoms with Gasteiger partial charge in [-0.1, -0.05) is 88.4 Å². The highest BCUT2D eigenvalue weighted by Gasteiger charge is 2.19. The van der Waals surface area contributed by atoms with Crippen LogP contribution >= 0.6 is 0 Å². The number of carboxylic acid groups (broad SMARTS) is 2. The van der Waals surface area contributed by atoms with Crippen LogP contribution in [0.25, 0.3) is 11.1 Å². The van der Waals surface area contributed by atoms with E-state index in [4.69, 9.17) is 24.1 Å². The lowest BCUT2D eigenvalue weighted by Gasteiger charge is -2.12. The van der Waals surface area contributed by atoms with Crippen molar-refractivity contribution in [2.75, 3.05) is 26.4 Å². The highest BCUT2D eigenvalue weighted by molar-refractivity contribution is 6.03. The quantitative estimate of drug-likeness (QED) is 0.0184. The maximum atomic E-state index is 12.4. The van der Waals surface area contributed by atoms with Gasteiger partial charge in [0.2, 0.25) is 12.7 Å². The Morgan fingerprint density at radius 1 is 0.585 bits per heavy atom. The average Bonchev–Trinajstić information content (AvgIpc) is 4.06. The van der Waals surface area contributed by atoms with Crippen molar-refractivity contribution < 1.29 is 67.1 Å². The molecule has 0 radical (unpaired) electrons. The van der Waals surface area contributed by atoms with Crippen molar-refractivity contribution >= 4 is 35.8 Å². The number of carbonyl (C=O) groups excluding carboxylic acids is 4. The fourth-order valence-electron chi connectivity index (χ4n) is 5.40. The predicted molar refractivity (Wildman–Crippen MR) is 241 cm³/mol. The molecule has 0 atom stereocenters. The number of aryl methyl sites for hydroxylation is 2. The largest absolute Gasteiger partial charge is 0.478 e. The van der Waals surface area contributed by atoms with E-state index in [-0.39, 0.29) is 54.3 Å². The zero-order valence-electron chi connectivity index (χ0n) is 37.2. The Balaban J connectivity index is 0.000000328. The Hall–Kier alpha value is -7.62. The minimum atomic E-state index is -1.18. The summed E-state index contributed by atoms with van der Waals surface area (Å²) in [4.78, 5) is 74.6. The van der Waals surface area contributed by atoms with Gasteiger partial charge in [0.05, 0.1) is 48.6 Å². The number of unbranched alkanes of at least 4 members (excludes halogenated alkanes) is 3. The second kappa shape index (κ2) is 31.3. The second-order valence-electron chi connectivity index (χ2n) is 13.9. The number of aromatic nitrogens is 4. The van der Waals surface area contributed by atoms with Crippen molar-refractivity contribution in [2.24, 2.45) is 0 Å². The number of esters is 4. The average molecular weight is 897 g/mol. The first-order valence-corrected chi connectivity index (χ1v) is 21.1. The van der Waals surface area contributed by atoms with E-state index in [2.05, 4.69) is 58.5 Å². The van der Waals surface area contributed by atoms with Gasteiger partial charge in [-0.25, -0.2) is 37.9 Å². The third-order valence-corrected chi connectivity index (χ3v) is 8.80. The Morgan fingerprint density at radius 3 is 1.49 bits per heavy atom. The van der Waals surface area contributed by atoms with Crippen molar-refractivity contribution in [3.05, 3.63) is 157 Å². The zero-order valence-corrected chi connectivity index (χ0v) is 37.2. The molecular weight excluding hydrogens is 837 g/mol. The minimum absolute atomic E-state index is 0.0167. The van der Waals surface area contributed by atoms with Crippen molar-refractivity contribution in [1.29, 1.82) is 0 Å². The molecule has 0 amide bonds. The first kappa shape index (κ1) is 53.5. The van der Waals surface area contributed by atoms with E-state index in [0.717, 1.165) is 19.2 Å². The molecule has 5 aromatic rings. The number of nitrogens with one attached hydrogen (secondary N) is 2. The highest BCUT2D eigenvalue weighted by atomic mass is 16.6. The summed E-state index contributed by atoms with van der Waals surface area (Å²) in [5.74, 6) is -4.64. The summed E-state index contributed by atoms with van der Waals surface area (Å²) < 4.78 is 24.0. The molecule has 5 rings (SSSR count). The molecule has 2 heterocycles. The lowest BCUT2D eigenvalue weighted by atomic mass is 9.95. The van der Waals surface area contributed by atoms with Gasteiger partial charge >= 0.3 is 35.8 Å². The third kappa shape index (κ3) is 20.9. The molecule has 0 aliphatic rings. The maximum Gasteiger partial charge on any atom is 0.339 e. The minimum Gasteiger partial charge on any atom is -0.478 e. The summed E-state index contributed by atoms with van der Waals surface area (Å²) in [7, 11) is 0. The summed E-state index contributed by atoms with van der Waals surface area (Å²) >= 11 is 0. The van der Waals surface area contributed by atoms with Crippen LogP contribution in [-0.4, -0.2) is 82.4 Å². The molecule has 4 N–H and O–H groups in total. The molecule has 2 aromatic heterocycles. The lowest BCUT2D eigenvalue weighted by molar-refractivity contribution is -0.696. The number of hydrogen-bond donors (Lipinski definition) is 4. The van der Waals surface area contributed by atoms with Crippen molar-refractivity contribution in [1.82, 2.24) is 9.97 Å². The number of carboxylic acids is 2. The smallest absolute Gasteiger partial charge is 0.339 e. The summed E-state index contributed by atoms with van der Waals surface area (Å²) in [5.41, 5.74) is 1.36. The van der Waals surface area contributed by atoms with Crippen LogP contribution in [0.4, 0.5) is 0 Å². The van der Waals surface area contributed by atoms with Crippen LogP contribution in [0.5, 0.6) is 0 Å². The molecule has 0 spiro atoms. The molecule has 0 saturated heterocycles. The van der Waals surface area contributed by atoms with E-state index >= 15 is 0 Å². The Morgan fingerprint density at radius 2 is 1.02 bits per heavy atom. The maximum absolute atomic E-state index is 12.4. The second-order valence-corrected chi connectivity index (χ2v) is 13.9. The highest BCUT2D eigenvalue weighted by Crippen LogP contribution is 2.28. The molecule has 346 valence electrons. The van der Waals surface area contributed by atoms with Gasteiger partial charge in [-0.2, -0.15) is 0 Å². The number of benzene rings is 3. The van der Waals surface area contributed by atoms with Gasteiger partial charge in [-0.15, -0.1) is 0 Å². The number of hydrogen-bond acceptors (Lipinski definition) is 10. The molecule has 0 unspecified atom stereocenters. The number of ether oxygens (including phenoxy) is 4. The molecule has 65 heavy (non-hydrogen) atoms. The van der Waals surface area contributed by atoms with Crippen molar-refractivity contribution in [3.63, 3.8) is 0 Å². The molecule has 0 fully saturated rings. The van der Waals surface area contributed by atoms with Gasteiger partial charge in [0.1, 0.15) is 38.0 Å². The molecule has 0 aliphatic heterocycles. The van der Waals surface area contributed by atoms with E-state index < -0.39 is 35.8 Å². The molecule has 0 bridgehead atoms. The molecule has 0 aliphatic carbocycles. The lowest BCUT2D eigenvalue weighted by Crippen LogP contribution is -2.29. The van der Waals surface area contributed by atoms with Gasteiger partial charge < -0.3 is 29.2 Å². The van der Waals surface area contributed by atoms with Crippen molar-refractivity contribution in [3.8, 4) is 11.1 Å². The number of imidazole rings is 2. The number of H-pyrrole nitrogens is 2. The van der Waals surface area contributed by atoms with E-state index in [1.807, 2.05) is 25.0 Å². The summed E-state index contributed by atoms with van der Waals surface area (Å²) in [6, 6.07) is 18.8. The van der Waals surface area contributed by atoms with Crippen LogP contribution in [0.3, 0.4) is 0 Å². The molecular formula is C49H60N4O12+2. The van der Waals surface area contributed by atoms with Crippen LogP contribution < -0.4 is 9.13 Å². The predicted octanol–water partition coefficient (Wildman–Crippen LogP) is 7.58. The van der Waals surface area contributed by atoms with Crippen LogP contribution in [0.15, 0.2) is 135 Å². The van der Waals surface area contributed by atoms with Gasteiger partial charge in [-0.05, 0) is 68.0 Å². The summed E-state index contributed by atoms with van der Waals surface area (Å²) in [6.07, 6.45) is 19.1. The van der Waals surface area contributed by atoms with E-state index in [1.54, 1.807) is 48.5 Å². The van der Waals surface area contributed by atoms with E-state index in [9.17, 15) is 33.9 Å². The van der Waals surface area contributed by atoms with Gasteiger partial charge in [0, 0.05) is 11.6 Å². The summed E-state index contributed by atoms with van der Waals surface area (Å²) in [5, 5.41) is 18.3. The van der Waals surface area contributed by atoms with Gasteiger partial charge in [-0.3, -0.25) is 9.97 Å². The number of rotatable bonds is 21. The standard InChI is InChI=1S/C20H18O6.C15H16O6.2C7H12N2/c1-13(2)19(23)25-11-12-26-20(24)17-10-6-4-8-15(17)14-7-3-5-9-16(14)18(21)22;1-2-13(16)20-9-5-6-10-21-15(19)12-8-4-3-7-11(12)14(17)18;2*1-2-3-5-9-6-4-8-7-9/h3-10H,1,11-12H2,2H3,(H,21,22);2-4,7-8H,1,5-6,9-10H2,(H,17,18);2*4,6-7H,2-3,5H2,1H3/p+2. The van der Waals surface area contributed by atoms with Gasteiger partial charge in [0.25, 0.3) is 0 Å². The Bertz CT molecular complexity index is 2210. The van der Waals surface area contributed by atoms with E-state index in [1.165, 1.54) is 56.9 Å². The van der Waals surface area contributed by atoms with Gasteiger partial charge in [0.15, 0.2) is 0 Å². The molecule has 16 heteroatoms. The van der Waals surface area contributed by atoms with E-state index in [0.29, 0.717) is 24.0 Å². The fourth-order valence-corrected chi connectivity index (χ4v) is 5.40. The Labute approximate surface area is 379 Å². The first-order valence-electron chi connectivity index (χ1n) is 21.1. The Kier molecular flexibility index (Phi) is 25.7. The SMILES string of the molecule is C=C(C)C(=O)OCCOC(=O)c1ccccc1-c1ccccc1C(=O)O.C=CC(=O)OCCCCOC(=O)c1ccccc1C(=O)O.CCCC[n+]1cc[nH]c1.CCCC[n+]1cc[nH]c1. The molecule has 3 aromatic carbocycles. The summed E-state index contributed by atoms with van der Waals surface area (Å²) in [6.45, 7) is 15.0. The number of aromatic carboxylic acids is 2. The number of carbonyl (C=O) groups is 6. The topological polar surface area (TPSA) is 219 Å². The molecule has 16 nitrogen and oxygen atoms in total.